The van der Waals surface area contributed by atoms with Crippen molar-refractivity contribution >= 4 is 34.8 Å². The summed E-state index contributed by atoms with van der Waals surface area (Å²) >= 11 is 12.1. The maximum absolute atomic E-state index is 12.5. The van der Waals surface area contributed by atoms with E-state index in [4.69, 9.17) is 23.2 Å². The van der Waals surface area contributed by atoms with Gasteiger partial charge in [0.1, 0.15) is 0 Å². The van der Waals surface area contributed by atoms with Gasteiger partial charge in [-0.15, -0.1) is 0 Å². The monoisotopic (exact) mass is 308 g/mol. The van der Waals surface area contributed by atoms with Crippen LogP contribution in [-0.4, -0.2) is 17.9 Å². The molecule has 1 heterocycles. The molecule has 5 heteroatoms. The molecular formula is C15H14Cl2N2O. The Kier molecular flexibility index (Phi) is 4.31. The zero-order chi connectivity index (χ0) is 14.9. The second-order valence-electron chi connectivity index (χ2n) is 4.61. The quantitative estimate of drug-likeness (QED) is 0.829. The standard InChI is InChI=1S/C15H14Cl2N2O/c1-9-4-5-11(6-10(9)2)15(20)19(3)14-12(16)7-18-8-13(14)17/h4-8H,1-3H3. The van der Waals surface area contributed by atoms with E-state index in [0.717, 1.165) is 11.1 Å². The molecule has 0 bridgehead atoms. The van der Waals surface area contributed by atoms with Crippen molar-refractivity contribution in [2.75, 3.05) is 11.9 Å². The van der Waals surface area contributed by atoms with Crippen LogP contribution in [0.25, 0.3) is 0 Å². The van der Waals surface area contributed by atoms with E-state index in [-0.39, 0.29) is 5.91 Å². The largest absolute Gasteiger partial charge is 0.309 e. The number of aryl methyl sites for hydroxylation is 2. The highest BCUT2D eigenvalue weighted by molar-refractivity contribution is 6.39. The Morgan fingerprint density at radius 1 is 1.10 bits per heavy atom. The fourth-order valence-corrected chi connectivity index (χ4v) is 2.51. The summed E-state index contributed by atoms with van der Waals surface area (Å²) in [4.78, 5) is 17.8. The first kappa shape index (κ1) is 14.8. The second-order valence-corrected chi connectivity index (χ2v) is 5.43. The molecule has 2 aromatic rings. The second kappa shape index (κ2) is 5.81. The van der Waals surface area contributed by atoms with Crippen LogP contribution < -0.4 is 4.90 Å². The van der Waals surface area contributed by atoms with E-state index in [1.165, 1.54) is 17.3 Å². The van der Waals surface area contributed by atoms with Crippen molar-refractivity contribution in [3.8, 4) is 0 Å². The molecule has 2 rings (SSSR count). The molecule has 1 amide bonds. The Labute approximate surface area is 128 Å². The molecule has 0 fully saturated rings. The average Bonchev–Trinajstić information content (AvgIpc) is 2.40. The molecule has 0 spiro atoms. The van der Waals surface area contributed by atoms with Crippen molar-refractivity contribution in [3.05, 3.63) is 57.3 Å². The minimum atomic E-state index is -0.164. The van der Waals surface area contributed by atoms with Gasteiger partial charge in [0.15, 0.2) is 0 Å². The van der Waals surface area contributed by atoms with Crippen molar-refractivity contribution in [3.63, 3.8) is 0 Å². The topological polar surface area (TPSA) is 33.2 Å². The first-order chi connectivity index (χ1) is 9.41. The first-order valence-electron chi connectivity index (χ1n) is 6.06. The molecule has 0 saturated heterocycles. The smallest absolute Gasteiger partial charge is 0.258 e. The van der Waals surface area contributed by atoms with Gasteiger partial charge < -0.3 is 4.90 Å². The van der Waals surface area contributed by atoms with Gasteiger partial charge in [-0.2, -0.15) is 0 Å². The van der Waals surface area contributed by atoms with Crippen LogP contribution in [-0.2, 0) is 0 Å². The number of rotatable bonds is 2. The molecule has 1 aromatic carbocycles. The van der Waals surface area contributed by atoms with E-state index < -0.39 is 0 Å². The van der Waals surface area contributed by atoms with E-state index in [2.05, 4.69) is 4.98 Å². The summed E-state index contributed by atoms with van der Waals surface area (Å²) in [5, 5.41) is 0.689. The normalized spacial score (nSPS) is 10.4. The lowest BCUT2D eigenvalue weighted by Crippen LogP contribution is -2.27. The van der Waals surface area contributed by atoms with Gasteiger partial charge in [-0.3, -0.25) is 9.78 Å². The number of aromatic nitrogens is 1. The summed E-state index contributed by atoms with van der Waals surface area (Å²) in [6, 6.07) is 5.58. The third-order valence-electron chi connectivity index (χ3n) is 3.22. The van der Waals surface area contributed by atoms with Gasteiger partial charge in [-0.05, 0) is 37.1 Å². The highest BCUT2D eigenvalue weighted by Crippen LogP contribution is 2.32. The maximum atomic E-state index is 12.5. The lowest BCUT2D eigenvalue weighted by Gasteiger charge is -2.20. The van der Waals surface area contributed by atoms with Gasteiger partial charge in [-0.25, -0.2) is 0 Å². The van der Waals surface area contributed by atoms with Gasteiger partial charge >= 0.3 is 0 Å². The molecule has 0 aliphatic carbocycles. The molecule has 0 unspecified atom stereocenters. The minimum absolute atomic E-state index is 0.164. The molecule has 0 N–H and O–H groups in total. The first-order valence-corrected chi connectivity index (χ1v) is 6.81. The van der Waals surface area contributed by atoms with Crippen molar-refractivity contribution in [2.45, 2.75) is 13.8 Å². The number of halogens is 2. The van der Waals surface area contributed by atoms with Gasteiger partial charge in [0, 0.05) is 25.0 Å². The lowest BCUT2D eigenvalue weighted by molar-refractivity contribution is 0.0993. The number of amides is 1. The van der Waals surface area contributed by atoms with Crippen molar-refractivity contribution in [1.29, 1.82) is 0 Å². The van der Waals surface area contributed by atoms with Crippen LogP contribution in [0.4, 0.5) is 5.69 Å². The fraction of sp³-hybridized carbons (Fsp3) is 0.200. The van der Waals surface area contributed by atoms with Crippen LogP contribution in [0.5, 0.6) is 0 Å². The third kappa shape index (κ3) is 2.79. The highest BCUT2D eigenvalue weighted by Gasteiger charge is 2.19. The minimum Gasteiger partial charge on any atom is -0.309 e. The summed E-state index contributed by atoms with van der Waals surface area (Å²) in [6.45, 7) is 3.97. The van der Waals surface area contributed by atoms with Crippen LogP contribution in [0.2, 0.25) is 10.0 Å². The van der Waals surface area contributed by atoms with Crippen LogP contribution >= 0.6 is 23.2 Å². The van der Waals surface area contributed by atoms with E-state index in [1.807, 2.05) is 26.0 Å². The summed E-state index contributed by atoms with van der Waals surface area (Å²) in [5.74, 6) is -0.164. The number of pyridine rings is 1. The van der Waals surface area contributed by atoms with Crippen LogP contribution in [0.1, 0.15) is 21.5 Å². The maximum Gasteiger partial charge on any atom is 0.258 e. The van der Waals surface area contributed by atoms with E-state index in [1.54, 1.807) is 13.1 Å². The summed E-state index contributed by atoms with van der Waals surface area (Å²) < 4.78 is 0. The molecule has 1 aromatic heterocycles. The number of carbonyl (C=O) groups is 1. The van der Waals surface area contributed by atoms with Crippen LogP contribution in [0.15, 0.2) is 30.6 Å². The Morgan fingerprint density at radius 2 is 1.70 bits per heavy atom. The SMILES string of the molecule is Cc1ccc(C(=O)N(C)c2c(Cl)cncc2Cl)cc1C. The molecule has 0 atom stereocenters. The molecule has 0 aliphatic rings. The molecular weight excluding hydrogens is 295 g/mol. The Morgan fingerprint density at radius 3 is 2.25 bits per heavy atom. The molecule has 0 saturated carbocycles. The number of anilines is 1. The lowest BCUT2D eigenvalue weighted by atomic mass is 10.1. The fourth-order valence-electron chi connectivity index (χ4n) is 1.89. The number of benzene rings is 1. The van der Waals surface area contributed by atoms with Crippen molar-refractivity contribution in [1.82, 2.24) is 4.98 Å². The molecule has 20 heavy (non-hydrogen) atoms. The Bertz CT molecular complexity index is 651. The summed E-state index contributed by atoms with van der Waals surface area (Å²) in [6.07, 6.45) is 2.93. The van der Waals surface area contributed by atoms with Gasteiger partial charge in [-0.1, -0.05) is 29.3 Å². The highest BCUT2D eigenvalue weighted by atomic mass is 35.5. The average molecular weight is 309 g/mol. The third-order valence-corrected chi connectivity index (χ3v) is 3.78. The van der Waals surface area contributed by atoms with E-state index in [9.17, 15) is 4.79 Å². The van der Waals surface area contributed by atoms with Gasteiger partial charge in [0.2, 0.25) is 0 Å². The summed E-state index contributed by atoms with van der Waals surface area (Å²) in [5.41, 5.74) is 3.27. The molecule has 0 radical (unpaired) electrons. The zero-order valence-corrected chi connectivity index (χ0v) is 13.0. The number of hydrogen-bond acceptors (Lipinski definition) is 2. The Balaban J connectivity index is 2.40. The van der Waals surface area contributed by atoms with E-state index >= 15 is 0 Å². The van der Waals surface area contributed by atoms with Crippen LogP contribution in [0, 0.1) is 13.8 Å². The predicted octanol–water partition coefficient (Wildman–Crippen LogP) is 4.28. The van der Waals surface area contributed by atoms with Gasteiger partial charge in [0.05, 0.1) is 15.7 Å². The molecule has 0 aliphatic heterocycles. The van der Waals surface area contributed by atoms with Crippen molar-refractivity contribution in [2.24, 2.45) is 0 Å². The molecule has 104 valence electrons. The summed E-state index contributed by atoms with van der Waals surface area (Å²) in [7, 11) is 1.64. The van der Waals surface area contributed by atoms with Crippen molar-refractivity contribution < 1.29 is 4.79 Å². The molecule has 3 nitrogen and oxygen atoms in total. The predicted molar refractivity (Wildman–Crippen MR) is 82.9 cm³/mol. The number of hydrogen-bond donors (Lipinski definition) is 0. The zero-order valence-electron chi connectivity index (χ0n) is 11.4. The Hall–Kier alpha value is -1.58. The van der Waals surface area contributed by atoms with Gasteiger partial charge in [0.25, 0.3) is 5.91 Å². The van der Waals surface area contributed by atoms with Crippen LogP contribution in [0.3, 0.4) is 0 Å². The van der Waals surface area contributed by atoms with E-state index in [0.29, 0.717) is 21.3 Å². The number of nitrogens with zero attached hydrogens (tertiary/aromatic N) is 2. The number of carbonyl (C=O) groups excluding carboxylic acids is 1.